The highest BCUT2D eigenvalue weighted by molar-refractivity contribution is 5.74. The Morgan fingerprint density at radius 2 is 2.00 bits per heavy atom. The fourth-order valence-corrected chi connectivity index (χ4v) is 1.96. The minimum absolute atomic E-state index is 0.0722. The lowest BCUT2D eigenvalue weighted by molar-refractivity contribution is 0.112. The number of hydrogen-bond acceptors (Lipinski definition) is 4. The van der Waals surface area contributed by atoms with Crippen molar-refractivity contribution < 1.29 is 9.32 Å². The van der Waals surface area contributed by atoms with Crippen LogP contribution in [0.4, 0.5) is 0 Å². The molecule has 2 aromatic rings. The molecule has 0 saturated heterocycles. The summed E-state index contributed by atoms with van der Waals surface area (Å²) in [7, 11) is 0. The van der Waals surface area contributed by atoms with Crippen molar-refractivity contribution >= 4 is 6.29 Å². The molecule has 19 heavy (non-hydrogen) atoms. The van der Waals surface area contributed by atoms with Gasteiger partial charge in [0.25, 0.3) is 0 Å². The molecular formula is C14H16N2O3. The first-order chi connectivity index (χ1) is 9.01. The molecule has 1 N–H and O–H groups in total. The number of benzene rings is 1. The molecule has 0 fully saturated rings. The zero-order valence-corrected chi connectivity index (χ0v) is 11.0. The van der Waals surface area contributed by atoms with Crippen molar-refractivity contribution in [3.63, 3.8) is 0 Å². The Hall–Kier alpha value is -2.17. The number of aryl methyl sites for hydroxylation is 1. The van der Waals surface area contributed by atoms with E-state index in [0.717, 1.165) is 18.3 Å². The predicted molar refractivity (Wildman–Crippen MR) is 70.3 cm³/mol. The molecule has 0 bridgehead atoms. The summed E-state index contributed by atoms with van der Waals surface area (Å²) < 4.78 is 4.47. The largest absolute Gasteiger partial charge is 0.438 e. The van der Waals surface area contributed by atoms with Crippen LogP contribution in [0.25, 0.3) is 0 Å². The van der Waals surface area contributed by atoms with Crippen molar-refractivity contribution in [2.45, 2.75) is 32.1 Å². The molecule has 0 radical (unpaired) electrons. The van der Waals surface area contributed by atoms with Gasteiger partial charge in [0.1, 0.15) is 6.29 Å². The van der Waals surface area contributed by atoms with Crippen molar-refractivity contribution in [1.29, 1.82) is 0 Å². The summed E-state index contributed by atoms with van der Waals surface area (Å²) in [6.07, 6.45) is 2.28. The first-order valence-corrected chi connectivity index (χ1v) is 6.12. The monoisotopic (exact) mass is 260 g/mol. The van der Waals surface area contributed by atoms with Crippen LogP contribution in [0, 0.1) is 0 Å². The topological polar surface area (TPSA) is 76.0 Å². The second-order valence-electron chi connectivity index (χ2n) is 5.17. The third-order valence-electron chi connectivity index (χ3n) is 3.30. The average Bonchev–Trinajstić information content (AvgIpc) is 2.82. The van der Waals surface area contributed by atoms with Gasteiger partial charge in [-0.15, -0.1) is 0 Å². The third-order valence-corrected chi connectivity index (χ3v) is 3.30. The van der Waals surface area contributed by atoms with E-state index in [0.29, 0.717) is 17.8 Å². The van der Waals surface area contributed by atoms with Gasteiger partial charge in [0.15, 0.2) is 5.82 Å². The maximum Gasteiger partial charge on any atom is 0.438 e. The van der Waals surface area contributed by atoms with Gasteiger partial charge in [-0.3, -0.25) is 14.3 Å². The zero-order chi connectivity index (χ0) is 13.9. The van der Waals surface area contributed by atoms with E-state index in [2.05, 4.69) is 28.5 Å². The summed E-state index contributed by atoms with van der Waals surface area (Å²) in [5.41, 5.74) is 1.74. The summed E-state index contributed by atoms with van der Waals surface area (Å²) >= 11 is 0. The molecule has 1 heterocycles. The molecule has 0 spiro atoms. The summed E-state index contributed by atoms with van der Waals surface area (Å²) in [5.74, 6) is 0.0331. The number of aldehydes is 1. The van der Waals surface area contributed by atoms with Crippen molar-refractivity contribution in [1.82, 2.24) is 10.1 Å². The highest BCUT2D eigenvalue weighted by Gasteiger charge is 2.21. The molecule has 0 atom stereocenters. The van der Waals surface area contributed by atoms with E-state index in [1.165, 1.54) is 0 Å². The third kappa shape index (κ3) is 3.19. The molecule has 1 aromatic carbocycles. The quantitative estimate of drug-likeness (QED) is 0.835. The van der Waals surface area contributed by atoms with Gasteiger partial charge in [-0.25, -0.2) is 4.79 Å². The lowest BCUT2D eigenvalue weighted by atomic mass is 9.80. The van der Waals surface area contributed by atoms with Gasteiger partial charge < -0.3 is 0 Å². The minimum Gasteiger partial charge on any atom is -0.298 e. The van der Waals surface area contributed by atoms with Gasteiger partial charge in [-0.1, -0.05) is 43.3 Å². The van der Waals surface area contributed by atoms with Gasteiger partial charge in [-0.2, -0.15) is 0 Å². The average molecular weight is 260 g/mol. The van der Waals surface area contributed by atoms with Crippen LogP contribution in [-0.4, -0.2) is 16.4 Å². The Bertz CT molecular complexity index is 608. The summed E-state index contributed by atoms with van der Waals surface area (Å²) in [5, 5.41) is 3.65. The van der Waals surface area contributed by atoms with E-state index in [4.69, 9.17) is 0 Å². The Morgan fingerprint density at radius 1 is 1.32 bits per heavy atom. The standard InChI is InChI=1S/C14H16N2O3/c1-14(2,8-7-12-15-13(18)19-16-12)11-5-3-10(9-17)4-6-11/h3-6,9H,7-8H2,1-2H3,(H,15,16,18). The van der Waals surface area contributed by atoms with Gasteiger partial charge in [0, 0.05) is 12.0 Å². The molecule has 0 aliphatic heterocycles. The molecule has 5 nitrogen and oxygen atoms in total. The summed E-state index contributed by atoms with van der Waals surface area (Å²) in [6, 6.07) is 7.52. The molecule has 0 amide bonds. The molecule has 1 aromatic heterocycles. The molecular weight excluding hydrogens is 244 g/mol. The van der Waals surface area contributed by atoms with Gasteiger partial charge >= 0.3 is 5.76 Å². The number of carbonyl (C=O) groups is 1. The first-order valence-electron chi connectivity index (χ1n) is 6.12. The minimum atomic E-state index is -0.525. The summed E-state index contributed by atoms with van der Waals surface area (Å²) in [6.45, 7) is 4.22. The maximum atomic E-state index is 10.8. The van der Waals surface area contributed by atoms with Crippen LogP contribution in [0.2, 0.25) is 0 Å². The summed E-state index contributed by atoms with van der Waals surface area (Å²) in [4.78, 5) is 24.0. The first kappa shape index (κ1) is 13.3. The van der Waals surface area contributed by atoms with Crippen LogP contribution in [0.1, 0.15) is 42.0 Å². The van der Waals surface area contributed by atoms with Crippen molar-refractivity contribution in [3.8, 4) is 0 Å². The number of hydrogen-bond donors (Lipinski definition) is 1. The van der Waals surface area contributed by atoms with E-state index in [1.807, 2.05) is 24.3 Å². The number of aromatic nitrogens is 2. The van der Waals surface area contributed by atoms with Crippen LogP contribution >= 0.6 is 0 Å². The lowest BCUT2D eigenvalue weighted by Gasteiger charge is -2.24. The van der Waals surface area contributed by atoms with E-state index >= 15 is 0 Å². The Labute approximate surface area is 110 Å². The highest BCUT2D eigenvalue weighted by Crippen LogP contribution is 2.28. The van der Waals surface area contributed by atoms with Gasteiger partial charge in [0.05, 0.1) is 0 Å². The van der Waals surface area contributed by atoms with Crippen LogP contribution in [0.15, 0.2) is 33.6 Å². The normalized spacial score (nSPS) is 11.5. The fraction of sp³-hybridized carbons (Fsp3) is 0.357. The second kappa shape index (κ2) is 5.22. The molecule has 0 saturated carbocycles. The van der Waals surface area contributed by atoms with Crippen molar-refractivity contribution in [2.24, 2.45) is 0 Å². The number of nitrogens with one attached hydrogen (secondary N) is 1. The van der Waals surface area contributed by atoms with Crippen molar-refractivity contribution in [2.75, 3.05) is 0 Å². The SMILES string of the molecule is CC(C)(CCc1noc(=O)[nH]1)c1ccc(C=O)cc1. The Kier molecular flexibility index (Phi) is 3.64. The van der Waals surface area contributed by atoms with E-state index in [9.17, 15) is 9.59 Å². The highest BCUT2D eigenvalue weighted by atomic mass is 16.5. The van der Waals surface area contributed by atoms with Gasteiger partial charge in [0.2, 0.25) is 0 Å². The smallest absolute Gasteiger partial charge is 0.298 e. The van der Waals surface area contributed by atoms with E-state index < -0.39 is 5.76 Å². The van der Waals surface area contributed by atoms with Crippen LogP contribution in [0.5, 0.6) is 0 Å². The van der Waals surface area contributed by atoms with Crippen LogP contribution in [-0.2, 0) is 11.8 Å². The lowest BCUT2D eigenvalue weighted by Crippen LogP contribution is -2.18. The Morgan fingerprint density at radius 3 is 2.53 bits per heavy atom. The van der Waals surface area contributed by atoms with Crippen LogP contribution in [0.3, 0.4) is 0 Å². The second-order valence-corrected chi connectivity index (χ2v) is 5.17. The number of rotatable bonds is 5. The Balaban J connectivity index is 2.08. The maximum absolute atomic E-state index is 10.8. The number of carbonyl (C=O) groups excluding carboxylic acids is 1. The van der Waals surface area contributed by atoms with E-state index in [-0.39, 0.29) is 5.41 Å². The molecule has 0 aliphatic carbocycles. The number of aromatic amines is 1. The van der Waals surface area contributed by atoms with Crippen LogP contribution < -0.4 is 5.76 Å². The van der Waals surface area contributed by atoms with E-state index in [1.54, 1.807) is 0 Å². The number of nitrogens with zero attached hydrogens (tertiary/aromatic N) is 1. The molecule has 5 heteroatoms. The molecule has 100 valence electrons. The number of H-pyrrole nitrogens is 1. The van der Waals surface area contributed by atoms with Gasteiger partial charge in [-0.05, 0) is 17.4 Å². The molecule has 0 unspecified atom stereocenters. The predicted octanol–water partition coefficient (Wildman–Crippen LogP) is 2.09. The zero-order valence-electron chi connectivity index (χ0n) is 11.0. The molecule has 0 aliphatic rings. The fourth-order valence-electron chi connectivity index (χ4n) is 1.96. The van der Waals surface area contributed by atoms with Crippen molar-refractivity contribution in [3.05, 3.63) is 51.8 Å². The molecule has 2 rings (SSSR count).